The highest BCUT2D eigenvalue weighted by Crippen LogP contribution is 2.36. The molecule has 1 fully saturated rings. The van der Waals surface area contributed by atoms with Crippen LogP contribution < -0.4 is 16.4 Å². The molecule has 20 heavy (non-hydrogen) atoms. The Morgan fingerprint density at radius 2 is 2.05 bits per heavy atom. The Bertz CT molecular complexity index is 593. The van der Waals surface area contributed by atoms with Gasteiger partial charge in [-0.3, -0.25) is 0 Å². The van der Waals surface area contributed by atoms with E-state index >= 15 is 0 Å². The Hall–Kier alpha value is -1.66. The Morgan fingerprint density at radius 1 is 1.30 bits per heavy atom. The molecule has 0 amide bonds. The van der Waals surface area contributed by atoms with Crippen molar-refractivity contribution in [3.8, 4) is 10.4 Å². The number of rotatable bonds is 3. The lowest BCUT2D eigenvalue weighted by atomic mass is 10.1. The summed E-state index contributed by atoms with van der Waals surface area (Å²) >= 11 is 1.41. The molecule has 6 heteroatoms. The molecule has 0 unspecified atom stereocenters. The number of thiazole rings is 1. The first-order valence-electron chi connectivity index (χ1n) is 6.72. The predicted octanol–water partition coefficient (Wildman–Crippen LogP) is 2.70. The van der Waals surface area contributed by atoms with Gasteiger partial charge in [0.05, 0.1) is 4.88 Å². The van der Waals surface area contributed by atoms with Gasteiger partial charge in [-0.05, 0) is 32.0 Å². The summed E-state index contributed by atoms with van der Waals surface area (Å²) in [5, 5.41) is 7.49. The molecule has 4 N–H and O–H groups in total. The van der Waals surface area contributed by atoms with Crippen LogP contribution in [0.4, 0.5) is 15.3 Å². The molecule has 106 valence electrons. The smallest absolute Gasteiger partial charge is 0.185 e. The lowest BCUT2D eigenvalue weighted by molar-refractivity contribution is 0.479. The van der Waals surface area contributed by atoms with Gasteiger partial charge >= 0.3 is 0 Å². The number of hydrogen-bond acceptors (Lipinski definition) is 5. The third kappa shape index (κ3) is 2.76. The number of nitrogen functional groups attached to an aromatic ring is 1. The number of aromatic nitrogens is 1. The number of nitrogens with two attached hydrogens (primary N) is 1. The maximum atomic E-state index is 13.8. The van der Waals surface area contributed by atoms with Gasteiger partial charge in [-0.25, -0.2) is 9.37 Å². The molecule has 1 aliphatic heterocycles. The molecule has 0 saturated carbocycles. The van der Waals surface area contributed by atoms with Gasteiger partial charge in [0.2, 0.25) is 0 Å². The SMILES string of the molecule is Nc1nc(NC2CCNCC2)sc1-c1ccccc1F. The molecular weight excluding hydrogens is 275 g/mol. The number of benzene rings is 1. The van der Waals surface area contributed by atoms with E-state index in [1.54, 1.807) is 18.2 Å². The van der Waals surface area contributed by atoms with Crippen molar-refractivity contribution in [3.05, 3.63) is 30.1 Å². The van der Waals surface area contributed by atoms with Gasteiger partial charge in [0.25, 0.3) is 0 Å². The molecule has 1 aliphatic rings. The Morgan fingerprint density at radius 3 is 2.80 bits per heavy atom. The third-order valence-corrected chi connectivity index (χ3v) is 4.47. The predicted molar refractivity (Wildman–Crippen MR) is 81.4 cm³/mol. The van der Waals surface area contributed by atoms with E-state index < -0.39 is 0 Å². The largest absolute Gasteiger partial charge is 0.382 e. The van der Waals surface area contributed by atoms with Crippen molar-refractivity contribution in [2.45, 2.75) is 18.9 Å². The van der Waals surface area contributed by atoms with E-state index in [2.05, 4.69) is 15.6 Å². The van der Waals surface area contributed by atoms with E-state index in [4.69, 9.17) is 5.73 Å². The summed E-state index contributed by atoms with van der Waals surface area (Å²) in [5.74, 6) is 0.118. The second-order valence-electron chi connectivity index (χ2n) is 4.88. The highest BCUT2D eigenvalue weighted by atomic mass is 32.1. The zero-order chi connectivity index (χ0) is 13.9. The van der Waals surface area contributed by atoms with Crippen LogP contribution in [0.1, 0.15) is 12.8 Å². The van der Waals surface area contributed by atoms with E-state index in [1.165, 1.54) is 17.4 Å². The summed E-state index contributed by atoms with van der Waals surface area (Å²) in [6.07, 6.45) is 2.13. The van der Waals surface area contributed by atoms with Crippen LogP contribution in [0.15, 0.2) is 24.3 Å². The summed E-state index contributed by atoms with van der Waals surface area (Å²) in [6, 6.07) is 7.05. The van der Waals surface area contributed by atoms with E-state index in [0.717, 1.165) is 31.1 Å². The van der Waals surface area contributed by atoms with Crippen molar-refractivity contribution in [3.63, 3.8) is 0 Å². The standard InChI is InChI=1S/C14H17FN4S/c15-11-4-2-1-3-10(11)12-13(16)19-14(20-12)18-9-5-7-17-8-6-9/h1-4,9,17H,5-8,16H2,(H,18,19). The molecule has 4 nitrogen and oxygen atoms in total. The van der Waals surface area contributed by atoms with Crippen LogP contribution in [0.2, 0.25) is 0 Å². The van der Waals surface area contributed by atoms with Crippen LogP contribution in [-0.4, -0.2) is 24.1 Å². The van der Waals surface area contributed by atoms with Crippen molar-refractivity contribution < 1.29 is 4.39 Å². The van der Waals surface area contributed by atoms with E-state index in [0.29, 0.717) is 22.3 Å². The summed E-state index contributed by atoms with van der Waals surface area (Å²) < 4.78 is 13.8. The first-order valence-corrected chi connectivity index (χ1v) is 7.54. The fraction of sp³-hybridized carbons (Fsp3) is 0.357. The van der Waals surface area contributed by atoms with E-state index in [9.17, 15) is 4.39 Å². The fourth-order valence-corrected chi connectivity index (χ4v) is 3.36. The molecule has 0 spiro atoms. The highest BCUT2D eigenvalue weighted by molar-refractivity contribution is 7.19. The van der Waals surface area contributed by atoms with Crippen molar-refractivity contribution in [1.82, 2.24) is 10.3 Å². The average Bonchev–Trinajstić information content (AvgIpc) is 2.81. The molecule has 2 aromatic rings. The second-order valence-corrected chi connectivity index (χ2v) is 5.88. The third-order valence-electron chi connectivity index (χ3n) is 3.44. The molecular formula is C14H17FN4S. The Kier molecular flexibility index (Phi) is 3.84. The zero-order valence-electron chi connectivity index (χ0n) is 11.0. The van der Waals surface area contributed by atoms with Gasteiger partial charge in [0, 0.05) is 11.6 Å². The van der Waals surface area contributed by atoms with Gasteiger partial charge in [0.15, 0.2) is 5.13 Å². The molecule has 3 rings (SSSR count). The molecule has 1 aromatic carbocycles. The highest BCUT2D eigenvalue weighted by Gasteiger charge is 2.17. The lowest BCUT2D eigenvalue weighted by Crippen LogP contribution is -2.35. The normalized spacial score (nSPS) is 16.2. The zero-order valence-corrected chi connectivity index (χ0v) is 11.8. The fourth-order valence-electron chi connectivity index (χ4n) is 2.37. The van der Waals surface area contributed by atoms with Crippen LogP contribution in [0.5, 0.6) is 0 Å². The number of halogens is 1. The van der Waals surface area contributed by atoms with Gasteiger partial charge in [-0.1, -0.05) is 29.5 Å². The topological polar surface area (TPSA) is 63.0 Å². The minimum atomic E-state index is -0.267. The Balaban J connectivity index is 1.82. The molecule has 1 saturated heterocycles. The first kappa shape index (κ1) is 13.3. The maximum absolute atomic E-state index is 13.8. The summed E-state index contributed by atoms with van der Waals surface area (Å²) in [4.78, 5) is 5.01. The van der Waals surface area contributed by atoms with Crippen molar-refractivity contribution in [1.29, 1.82) is 0 Å². The minimum Gasteiger partial charge on any atom is -0.382 e. The van der Waals surface area contributed by atoms with E-state index in [1.807, 2.05) is 0 Å². The van der Waals surface area contributed by atoms with Crippen molar-refractivity contribution >= 4 is 22.3 Å². The van der Waals surface area contributed by atoms with Gasteiger partial charge in [0.1, 0.15) is 11.6 Å². The summed E-state index contributed by atoms with van der Waals surface area (Å²) in [6.45, 7) is 2.03. The molecule has 1 aromatic heterocycles. The monoisotopic (exact) mass is 292 g/mol. The van der Waals surface area contributed by atoms with Crippen molar-refractivity contribution in [2.75, 3.05) is 24.1 Å². The first-order chi connectivity index (χ1) is 9.74. The van der Waals surface area contributed by atoms with Crippen LogP contribution in [0.3, 0.4) is 0 Å². The summed E-state index contributed by atoms with van der Waals surface area (Å²) in [5.41, 5.74) is 6.44. The molecule has 2 heterocycles. The van der Waals surface area contributed by atoms with Crippen molar-refractivity contribution in [2.24, 2.45) is 0 Å². The van der Waals surface area contributed by atoms with Gasteiger partial charge < -0.3 is 16.4 Å². The number of anilines is 2. The molecule has 0 atom stereocenters. The summed E-state index contributed by atoms with van der Waals surface area (Å²) in [7, 11) is 0. The molecule has 0 aliphatic carbocycles. The Labute approximate surface area is 121 Å². The van der Waals surface area contributed by atoms with Crippen LogP contribution in [0.25, 0.3) is 10.4 Å². The number of hydrogen-bond donors (Lipinski definition) is 3. The average molecular weight is 292 g/mol. The minimum absolute atomic E-state index is 0.267. The maximum Gasteiger partial charge on any atom is 0.185 e. The molecule has 0 bridgehead atoms. The van der Waals surface area contributed by atoms with E-state index in [-0.39, 0.29) is 5.82 Å². The van der Waals surface area contributed by atoms with Gasteiger partial charge in [-0.15, -0.1) is 0 Å². The molecule has 0 radical (unpaired) electrons. The van der Waals surface area contributed by atoms with Crippen LogP contribution in [-0.2, 0) is 0 Å². The van der Waals surface area contributed by atoms with Crippen LogP contribution in [0, 0.1) is 5.82 Å². The van der Waals surface area contributed by atoms with Crippen LogP contribution >= 0.6 is 11.3 Å². The number of nitrogens with zero attached hydrogens (tertiary/aromatic N) is 1. The second kappa shape index (κ2) is 5.76. The number of nitrogens with one attached hydrogen (secondary N) is 2. The quantitative estimate of drug-likeness (QED) is 0.814. The van der Waals surface area contributed by atoms with Gasteiger partial charge in [-0.2, -0.15) is 0 Å². The number of piperidine rings is 1. The lowest BCUT2D eigenvalue weighted by Gasteiger charge is -2.23.